The van der Waals surface area contributed by atoms with Gasteiger partial charge in [0.05, 0.1) is 17.2 Å². The Balaban J connectivity index is 1.82. The fraction of sp³-hybridized carbons (Fsp3) is 0.111. The number of nitrogens with one attached hydrogen (secondary N) is 2. The molecule has 0 aliphatic carbocycles. The van der Waals surface area contributed by atoms with Crippen LogP contribution in [0.5, 0.6) is 5.75 Å². The van der Waals surface area contributed by atoms with Gasteiger partial charge in [0.25, 0.3) is 0 Å². The van der Waals surface area contributed by atoms with E-state index in [1.807, 2.05) is 24.3 Å². The first-order chi connectivity index (χ1) is 12.0. The number of hydrogen-bond donors (Lipinski definition) is 2. The molecule has 0 heterocycles. The lowest BCUT2D eigenvalue weighted by Crippen LogP contribution is -2.21. The Morgan fingerprint density at radius 1 is 1.00 bits per heavy atom. The molecule has 0 aromatic heterocycles. The highest BCUT2D eigenvalue weighted by molar-refractivity contribution is 6.42. The first-order valence-corrected chi connectivity index (χ1v) is 8.08. The van der Waals surface area contributed by atoms with Crippen LogP contribution in [-0.2, 0) is 16.1 Å². The van der Waals surface area contributed by atoms with Gasteiger partial charge < -0.3 is 15.4 Å². The third kappa shape index (κ3) is 6.14. The molecule has 0 saturated carbocycles. The number of hydrogen-bond acceptors (Lipinski definition) is 3. The van der Waals surface area contributed by atoms with Gasteiger partial charge in [-0.05, 0) is 35.9 Å². The normalized spacial score (nSPS) is 10.5. The molecule has 0 aliphatic heterocycles. The Kier molecular flexibility index (Phi) is 6.86. The fourth-order valence-corrected chi connectivity index (χ4v) is 2.20. The number of carbonyl (C=O) groups is 2. The van der Waals surface area contributed by atoms with E-state index in [1.165, 1.54) is 6.07 Å². The molecule has 2 aromatic carbocycles. The SMILES string of the molecule is COc1ccc(CNC(=O)/C=C\C(=O)Nc2ccc(Cl)c(Cl)c2)cc1. The van der Waals surface area contributed by atoms with E-state index in [1.54, 1.807) is 19.2 Å². The number of methoxy groups -OCH3 is 1. The van der Waals surface area contributed by atoms with E-state index in [2.05, 4.69) is 10.6 Å². The van der Waals surface area contributed by atoms with Crippen LogP contribution in [0.1, 0.15) is 5.56 Å². The molecule has 7 heteroatoms. The highest BCUT2D eigenvalue weighted by Gasteiger charge is 2.03. The summed E-state index contributed by atoms with van der Waals surface area (Å²) in [4.78, 5) is 23.5. The molecule has 0 saturated heterocycles. The van der Waals surface area contributed by atoms with Gasteiger partial charge in [-0.1, -0.05) is 35.3 Å². The Bertz CT molecular complexity index is 789. The second kappa shape index (κ2) is 9.11. The van der Waals surface area contributed by atoms with E-state index in [4.69, 9.17) is 27.9 Å². The monoisotopic (exact) mass is 378 g/mol. The molecule has 5 nitrogen and oxygen atoms in total. The van der Waals surface area contributed by atoms with Crippen molar-refractivity contribution in [1.82, 2.24) is 5.32 Å². The average molecular weight is 379 g/mol. The number of carbonyl (C=O) groups excluding carboxylic acids is 2. The van der Waals surface area contributed by atoms with E-state index in [0.717, 1.165) is 23.5 Å². The average Bonchev–Trinajstić information content (AvgIpc) is 2.61. The standard InChI is InChI=1S/C18H16Cl2N2O3/c1-25-14-5-2-12(3-6-14)11-21-17(23)8-9-18(24)22-13-4-7-15(19)16(20)10-13/h2-10H,11H2,1H3,(H,21,23)(H,22,24)/b9-8-. The number of benzene rings is 2. The maximum absolute atomic E-state index is 11.8. The highest BCUT2D eigenvalue weighted by atomic mass is 35.5. The van der Waals surface area contributed by atoms with E-state index in [0.29, 0.717) is 22.3 Å². The van der Waals surface area contributed by atoms with Gasteiger partial charge in [0, 0.05) is 24.4 Å². The molecule has 0 radical (unpaired) electrons. The maximum atomic E-state index is 11.8. The van der Waals surface area contributed by atoms with E-state index in [9.17, 15) is 9.59 Å². The minimum absolute atomic E-state index is 0.334. The summed E-state index contributed by atoms with van der Waals surface area (Å²) < 4.78 is 5.06. The van der Waals surface area contributed by atoms with Crippen LogP contribution in [0.2, 0.25) is 10.0 Å². The van der Waals surface area contributed by atoms with Crippen LogP contribution < -0.4 is 15.4 Å². The highest BCUT2D eigenvalue weighted by Crippen LogP contribution is 2.24. The van der Waals surface area contributed by atoms with Crippen LogP contribution in [-0.4, -0.2) is 18.9 Å². The Labute approximate surface area is 155 Å². The zero-order chi connectivity index (χ0) is 18.2. The molecule has 2 amide bonds. The third-order valence-corrected chi connectivity index (χ3v) is 3.94. The van der Waals surface area contributed by atoms with Gasteiger partial charge in [-0.15, -0.1) is 0 Å². The van der Waals surface area contributed by atoms with Crippen molar-refractivity contribution in [2.45, 2.75) is 6.54 Å². The summed E-state index contributed by atoms with van der Waals surface area (Å²) in [7, 11) is 1.59. The van der Waals surface area contributed by atoms with Crippen molar-refractivity contribution in [3.8, 4) is 5.75 Å². The van der Waals surface area contributed by atoms with Crippen LogP contribution in [0.15, 0.2) is 54.6 Å². The van der Waals surface area contributed by atoms with Gasteiger partial charge in [-0.25, -0.2) is 0 Å². The number of rotatable bonds is 6. The van der Waals surface area contributed by atoms with Crippen molar-refractivity contribution in [1.29, 1.82) is 0 Å². The predicted octanol–water partition coefficient (Wildman–Crippen LogP) is 3.81. The van der Waals surface area contributed by atoms with Crippen LogP contribution in [0.25, 0.3) is 0 Å². The quantitative estimate of drug-likeness (QED) is 0.750. The zero-order valence-corrected chi connectivity index (χ0v) is 14.9. The van der Waals surface area contributed by atoms with Crippen molar-refractivity contribution < 1.29 is 14.3 Å². The van der Waals surface area contributed by atoms with Crippen LogP contribution in [0, 0.1) is 0 Å². The second-order valence-corrected chi connectivity index (χ2v) is 5.83. The summed E-state index contributed by atoms with van der Waals surface area (Å²) in [5, 5.41) is 6.01. The molecule has 2 N–H and O–H groups in total. The van der Waals surface area contributed by atoms with Crippen molar-refractivity contribution in [3.63, 3.8) is 0 Å². The maximum Gasteiger partial charge on any atom is 0.248 e. The summed E-state index contributed by atoms with van der Waals surface area (Å²) in [6.45, 7) is 0.349. The number of anilines is 1. The van der Waals surface area contributed by atoms with Gasteiger partial charge in [0.1, 0.15) is 5.75 Å². The van der Waals surface area contributed by atoms with Crippen LogP contribution in [0.3, 0.4) is 0 Å². The lowest BCUT2D eigenvalue weighted by molar-refractivity contribution is -0.117. The Morgan fingerprint density at radius 2 is 1.68 bits per heavy atom. The molecule has 130 valence electrons. The molecule has 0 bridgehead atoms. The third-order valence-electron chi connectivity index (χ3n) is 3.20. The molecular weight excluding hydrogens is 363 g/mol. The Morgan fingerprint density at radius 3 is 2.32 bits per heavy atom. The number of amides is 2. The smallest absolute Gasteiger partial charge is 0.248 e. The summed E-state index contributed by atoms with van der Waals surface area (Å²) in [6.07, 6.45) is 2.31. The van der Waals surface area contributed by atoms with Crippen LogP contribution in [0.4, 0.5) is 5.69 Å². The first-order valence-electron chi connectivity index (χ1n) is 7.33. The summed E-state index contributed by atoms with van der Waals surface area (Å²) in [5.41, 5.74) is 1.41. The van der Waals surface area contributed by atoms with Crippen molar-refractivity contribution >= 4 is 40.7 Å². The van der Waals surface area contributed by atoms with Crippen molar-refractivity contribution in [3.05, 3.63) is 70.2 Å². The lowest BCUT2D eigenvalue weighted by atomic mass is 10.2. The predicted molar refractivity (Wildman–Crippen MR) is 99.1 cm³/mol. The molecule has 2 aromatic rings. The van der Waals surface area contributed by atoms with E-state index >= 15 is 0 Å². The summed E-state index contributed by atoms with van der Waals surface area (Å²) in [6, 6.07) is 12.0. The molecule has 0 spiro atoms. The molecule has 0 fully saturated rings. The van der Waals surface area contributed by atoms with Gasteiger partial charge in [0.2, 0.25) is 11.8 Å². The topological polar surface area (TPSA) is 67.4 Å². The van der Waals surface area contributed by atoms with Crippen LogP contribution >= 0.6 is 23.2 Å². The second-order valence-electron chi connectivity index (χ2n) is 5.02. The molecule has 0 atom stereocenters. The molecule has 0 unspecified atom stereocenters. The summed E-state index contributed by atoms with van der Waals surface area (Å²) >= 11 is 11.7. The van der Waals surface area contributed by atoms with Gasteiger partial charge in [-0.3, -0.25) is 9.59 Å². The van der Waals surface area contributed by atoms with Crippen molar-refractivity contribution in [2.75, 3.05) is 12.4 Å². The number of ether oxygens (including phenoxy) is 1. The van der Waals surface area contributed by atoms with E-state index < -0.39 is 5.91 Å². The lowest BCUT2D eigenvalue weighted by Gasteiger charge is -2.05. The fourth-order valence-electron chi connectivity index (χ4n) is 1.90. The number of halogens is 2. The Hall–Kier alpha value is -2.50. The first kappa shape index (κ1) is 18.8. The van der Waals surface area contributed by atoms with Gasteiger partial charge in [0.15, 0.2) is 0 Å². The minimum Gasteiger partial charge on any atom is -0.497 e. The molecular formula is C18H16Cl2N2O3. The van der Waals surface area contributed by atoms with Crippen molar-refractivity contribution in [2.24, 2.45) is 0 Å². The molecule has 0 aliphatic rings. The van der Waals surface area contributed by atoms with Gasteiger partial charge >= 0.3 is 0 Å². The van der Waals surface area contributed by atoms with E-state index in [-0.39, 0.29) is 5.91 Å². The largest absolute Gasteiger partial charge is 0.497 e. The van der Waals surface area contributed by atoms with Gasteiger partial charge in [-0.2, -0.15) is 0 Å². The summed E-state index contributed by atoms with van der Waals surface area (Å²) in [5.74, 6) is -0.0768. The molecule has 25 heavy (non-hydrogen) atoms. The minimum atomic E-state index is -0.446. The zero-order valence-electron chi connectivity index (χ0n) is 13.4. The molecule has 2 rings (SSSR count).